The SMILES string of the molecule is COc1ccc(OC)c(Nc2nc(C)cc(Nc3ccc(F)c(F)c3)n2)c1. The quantitative estimate of drug-likeness (QED) is 0.661. The summed E-state index contributed by atoms with van der Waals surface area (Å²) in [6.45, 7) is 1.80. The van der Waals surface area contributed by atoms with Gasteiger partial charge in [0.1, 0.15) is 17.3 Å². The molecular weight excluding hydrogens is 354 g/mol. The fourth-order valence-corrected chi connectivity index (χ4v) is 2.44. The number of hydrogen-bond donors (Lipinski definition) is 2. The van der Waals surface area contributed by atoms with Gasteiger partial charge < -0.3 is 20.1 Å². The molecule has 1 heterocycles. The zero-order valence-corrected chi connectivity index (χ0v) is 15.0. The van der Waals surface area contributed by atoms with Crippen LogP contribution in [0, 0.1) is 18.6 Å². The van der Waals surface area contributed by atoms with Gasteiger partial charge in [0, 0.05) is 29.6 Å². The van der Waals surface area contributed by atoms with Gasteiger partial charge in [-0.2, -0.15) is 4.98 Å². The lowest BCUT2D eigenvalue weighted by atomic mass is 10.2. The van der Waals surface area contributed by atoms with Gasteiger partial charge >= 0.3 is 0 Å². The highest BCUT2D eigenvalue weighted by molar-refractivity contribution is 5.66. The molecule has 0 spiro atoms. The van der Waals surface area contributed by atoms with Crippen LogP contribution < -0.4 is 20.1 Å². The van der Waals surface area contributed by atoms with Gasteiger partial charge in [-0.3, -0.25) is 0 Å². The first-order valence-corrected chi connectivity index (χ1v) is 8.05. The minimum Gasteiger partial charge on any atom is -0.497 e. The van der Waals surface area contributed by atoms with Crippen molar-refractivity contribution in [3.05, 3.63) is 59.8 Å². The van der Waals surface area contributed by atoms with Crippen molar-refractivity contribution >= 4 is 23.1 Å². The highest BCUT2D eigenvalue weighted by atomic mass is 19.2. The van der Waals surface area contributed by atoms with Crippen molar-refractivity contribution in [3.8, 4) is 11.5 Å². The molecule has 3 aromatic rings. The van der Waals surface area contributed by atoms with Gasteiger partial charge in [0.2, 0.25) is 5.95 Å². The van der Waals surface area contributed by atoms with E-state index in [1.807, 2.05) is 0 Å². The normalized spacial score (nSPS) is 10.4. The van der Waals surface area contributed by atoms with Crippen LogP contribution in [0.15, 0.2) is 42.5 Å². The zero-order valence-electron chi connectivity index (χ0n) is 15.0. The summed E-state index contributed by atoms with van der Waals surface area (Å²) in [6.07, 6.45) is 0. The fraction of sp³-hybridized carbons (Fsp3) is 0.158. The molecule has 0 amide bonds. The number of aromatic nitrogens is 2. The fourth-order valence-electron chi connectivity index (χ4n) is 2.44. The lowest BCUT2D eigenvalue weighted by Gasteiger charge is -2.13. The number of rotatable bonds is 6. The maximum absolute atomic E-state index is 13.4. The number of anilines is 4. The van der Waals surface area contributed by atoms with Gasteiger partial charge in [0.25, 0.3) is 0 Å². The Morgan fingerprint density at radius 2 is 1.67 bits per heavy atom. The van der Waals surface area contributed by atoms with Gasteiger partial charge in [0.15, 0.2) is 11.6 Å². The van der Waals surface area contributed by atoms with E-state index in [9.17, 15) is 8.78 Å². The molecule has 0 saturated carbocycles. The predicted molar refractivity (Wildman–Crippen MR) is 99.2 cm³/mol. The number of halogens is 2. The second-order valence-electron chi connectivity index (χ2n) is 5.66. The van der Waals surface area contributed by atoms with Crippen molar-refractivity contribution in [2.45, 2.75) is 6.92 Å². The van der Waals surface area contributed by atoms with Crippen molar-refractivity contribution in [2.24, 2.45) is 0 Å². The lowest BCUT2D eigenvalue weighted by Crippen LogP contribution is -2.04. The molecule has 0 atom stereocenters. The Kier molecular flexibility index (Phi) is 5.35. The van der Waals surface area contributed by atoms with E-state index in [-0.39, 0.29) is 0 Å². The molecule has 0 fully saturated rings. The third-order valence-electron chi connectivity index (χ3n) is 3.70. The summed E-state index contributed by atoms with van der Waals surface area (Å²) in [4.78, 5) is 8.70. The Morgan fingerprint density at radius 1 is 0.852 bits per heavy atom. The number of methoxy groups -OCH3 is 2. The summed E-state index contributed by atoms with van der Waals surface area (Å²) in [6, 6.07) is 10.5. The molecule has 2 N–H and O–H groups in total. The Bertz CT molecular complexity index is 966. The first-order valence-electron chi connectivity index (χ1n) is 8.05. The number of benzene rings is 2. The van der Waals surface area contributed by atoms with E-state index in [0.29, 0.717) is 40.3 Å². The molecular formula is C19H18F2N4O2. The lowest BCUT2D eigenvalue weighted by molar-refractivity contribution is 0.405. The molecule has 3 rings (SSSR count). The Labute approximate surface area is 155 Å². The first kappa shape index (κ1) is 18.4. The summed E-state index contributed by atoms with van der Waals surface area (Å²) in [5.41, 5.74) is 1.68. The highest BCUT2D eigenvalue weighted by Gasteiger charge is 2.10. The van der Waals surface area contributed by atoms with Crippen LogP contribution >= 0.6 is 0 Å². The van der Waals surface area contributed by atoms with E-state index in [0.717, 1.165) is 12.1 Å². The molecule has 6 nitrogen and oxygen atoms in total. The van der Waals surface area contributed by atoms with Crippen LogP contribution in [0.3, 0.4) is 0 Å². The molecule has 0 aliphatic rings. The van der Waals surface area contributed by atoms with Crippen LogP contribution in [0.1, 0.15) is 5.69 Å². The van der Waals surface area contributed by atoms with Crippen LogP contribution in [0.4, 0.5) is 31.9 Å². The molecule has 0 aliphatic carbocycles. The number of aryl methyl sites for hydroxylation is 1. The van der Waals surface area contributed by atoms with Crippen LogP contribution in [0.5, 0.6) is 11.5 Å². The van der Waals surface area contributed by atoms with Gasteiger partial charge in [-0.05, 0) is 31.2 Å². The van der Waals surface area contributed by atoms with Crippen molar-refractivity contribution < 1.29 is 18.3 Å². The Morgan fingerprint density at radius 3 is 2.37 bits per heavy atom. The molecule has 1 aromatic heterocycles. The van der Waals surface area contributed by atoms with Crippen LogP contribution in [-0.2, 0) is 0 Å². The van der Waals surface area contributed by atoms with E-state index in [4.69, 9.17) is 9.47 Å². The largest absolute Gasteiger partial charge is 0.497 e. The number of hydrogen-bond acceptors (Lipinski definition) is 6. The average Bonchev–Trinajstić information content (AvgIpc) is 2.64. The third kappa shape index (κ3) is 4.41. The monoisotopic (exact) mass is 372 g/mol. The molecule has 140 valence electrons. The summed E-state index contributed by atoms with van der Waals surface area (Å²) in [5, 5.41) is 6.02. The minimum absolute atomic E-state index is 0.312. The van der Waals surface area contributed by atoms with Crippen molar-refractivity contribution in [3.63, 3.8) is 0 Å². The Hall–Kier alpha value is -3.42. The van der Waals surface area contributed by atoms with E-state index in [1.165, 1.54) is 6.07 Å². The van der Waals surface area contributed by atoms with Crippen molar-refractivity contribution in [1.82, 2.24) is 9.97 Å². The van der Waals surface area contributed by atoms with Gasteiger partial charge in [-0.1, -0.05) is 0 Å². The first-order chi connectivity index (χ1) is 13.0. The second kappa shape index (κ2) is 7.86. The van der Waals surface area contributed by atoms with E-state index < -0.39 is 11.6 Å². The number of nitrogens with zero attached hydrogens (tertiary/aromatic N) is 2. The summed E-state index contributed by atoms with van der Waals surface area (Å²) >= 11 is 0. The predicted octanol–water partition coefficient (Wildman–Crippen LogP) is 4.57. The van der Waals surface area contributed by atoms with Gasteiger partial charge in [-0.15, -0.1) is 0 Å². The van der Waals surface area contributed by atoms with E-state index >= 15 is 0 Å². The third-order valence-corrected chi connectivity index (χ3v) is 3.70. The highest BCUT2D eigenvalue weighted by Crippen LogP contribution is 2.31. The molecule has 0 aliphatic heterocycles. The number of nitrogens with one attached hydrogen (secondary N) is 2. The molecule has 0 saturated heterocycles. The molecule has 0 unspecified atom stereocenters. The van der Waals surface area contributed by atoms with Crippen LogP contribution in [-0.4, -0.2) is 24.2 Å². The van der Waals surface area contributed by atoms with Crippen LogP contribution in [0.25, 0.3) is 0 Å². The average molecular weight is 372 g/mol. The number of ether oxygens (including phenoxy) is 2. The zero-order chi connectivity index (χ0) is 19.4. The minimum atomic E-state index is -0.940. The smallest absolute Gasteiger partial charge is 0.229 e. The van der Waals surface area contributed by atoms with Gasteiger partial charge in [-0.25, -0.2) is 13.8 Å². The van der Waals surface area contributed by atoms with Crippen molar-refractivity contribution in [2.75, 3.05) is 24.9 Å². The molecule has 0 bridgehead atoms. The summed E-state index contributed by atoms with van der Waals surface area (Å²) < 4.78 is 37.0. The molecule has 27 heavy (non-hydrogen) atoms. The summed E-state index contributed by atoms with van der Waals surface area (Å²) in [5.74, 6) is 0.128. The maximum Gasteiger partial charge on any atom is 0.229 e. The topological polar surface area (TPSA) is 68.3 Å². The molecule has 8 heteroatoms. The maximum atomic E-state index is 13.4. The molecule has 0 radical (unpaired) electrons. The van der Waals surface area contributed by atoms with Crippen molar-refractivity contribution in [1.29, 1.82) is 0 Å². The second-order valence-corrected chi connectivity index (χ2v) is 5.66. The Balaban J connectivity index is 1.88. The summed E-state index contributed by atoms with van der Waals surface area (Å²) in [7, 11) is 3.12. The van der Waals surface area contributed by atoms with E-state index in [2.05, 4.69) is 20.6 Å². The molecule has 2 aromatic carbocycles. The standard InChI is InChI=1S/C19H18F2N4O2/c1-11-8-18(23-12-4-6-14(20)15(21)9-12)25-19(22-11)24-16-10-13(26-2)5-7-17(16)27-3/h4-10H,1-3H3,(H2,22,23,24,25). The van der Waals surface area contributed by atoms with Gasteiger partial charge in [0.05, 0.1) is 19.9 Å². The van der Waals surface area contributed by atoms with E-state index in [1.54, 1.807) is 45.4 Å². The van der Waals surface area contributed by atoms with Crippen LogP contribution in [0.2, 0.25) is 0 Å².